The molecule has 0 unspecified atom stereocenters. The molecule has 12 heteroatoms. The Hall–Kier alpha value is -4.22. The van der Waals surface area contributed by atoms with Gasteiger partial charge in [-0.25, -0.2) is 0 Å². The van der Waals surface area contributed by atoms with Gasteiger partial charge in [0.2, 0.25) is 5.75 Å². The Balaban J connectivity index is 1.50. The number of amides is 2. The van der Waals surface area contributed by atoms with E-state index < -0.39 is 32.4 Å². The molecule has 1 saturated heterocycles. The van der Waals surface area contributed by atoms with Crippen LogP contribution < -0.4 is 4.74 Å². The van der Waals surface area contributed by atoms with Gasteiger partial charge in [0.15, 0.2) is 0 Å². The minimum absolute atomic E-state index is 0.0580. The lowest BCUT2D eigenvalue weighted by atomic mass is 10.2. The van der Waals surface area contributed by atoms with Crippen LogP contribution >= 0.6 is 23.4 Å². The molecule has 0 atom stereocenters. The normalized spacial score (nSPS) is 14.4. The summed E-state index contributed by atoms with van der Waals surface area (Å²) < 4.78 is 5.53. The highest BCUT2D eigenvalue weighted by molar-refractivity contribution is 8.18. The minimum Gasteiger partial charge on any atom is -0.450 e. The van der Waals surface area contributed by atoms with Crippen molar-refractivity contribution < 1.29 is 24.2 Å². The van der Waals surface area contributed by atoms with Gasteiger partial charge in [-0.1, -0.05) is 41.9 Å². The van der Waals surface area contributed by atoms with Crippen LogP contribution in [0.3, 0.4) is 0 Å². The van der Waals surface area contributed by atoms with Crippen LogP contribution in [0.15, 0.2) is 71.6 Å². The van der Waals surface area contributed by atoms with E-state index >= 15 is 0 Å². The van der Waals surface area contributed by atoms with Gasteiger partial charge in [0.05, 0.1) is 27.4 Å². The summed E-state index contributed by atoms with van der Waals surface area (Å²) in [5.74, 6) is -0.360. The van der Waals surface area contributed by atoms with Gasteiger partial charge in [-0.2, -0.15) is 0 Å². The smallest absolute Gasteiger partial charge is 0.318 e. The van der Waals surface area contributed by atoms with E-state index in [1.54, 1.807) is 42.5 Å². The molecule has 176 valence electrons. The van der Waals surface area contributed by atoms with E-state index in [0.717, 1.165) is 34.9 Å². The van der Waals surface area contributed by atoms with Crippen LogP contribution in [0.2, 0.25) is 5.02 Å². The minimum atomic E-state index is -0.768. The Morgan fingerprint density at radius 3 is 2.34 bits per heavy atom. The molecule has 2 amide bonds. The number of nitro groups is 2. The molecule has 0 spiro atoms. The molecule has 0 saturated carbocycles. The number of thioether (sulfide) groups is 1. The average molecular weight is 512 g/mol. The SMILES string of the molecule is O=C1S/C(=C/c2ccc(Oc3ccc([N+](=O)[O-])cc3[N+](=O)[O-])cc2)C(=O)N1Cc1ccccc1Cl. The number of nitrogens with zero attached hydrogens (tertiary/aromatic N) is 3. The second-order valence-corrected chi connectivity index (χ2v) is 8.60. The van der Waals surface area contributed by atoms with Crippen molar-refractivity contribution in [2.75, 3.05) is 0 Å². The van der Waals surface area contributed by atoms with Crippen LogP contribution in [-0.4, -0.2) is 25.9 Å². The van der Waals surface area contributed by atoms with Crippen LogP contribution in [0, 0.1) is 20.2 Å². The van der Waals surface area contributed by atoms with E-state index in [4.69, 9.17) is 16.3 Å². The fourth-order valence-electron chi connectivity index (χ4n) is 3.19. The Labute approximate surface area is 207 Å². The molecule has 10 nitrogen and oxygen atoms in total. The third-order valence-electron chi connectivity index (χ3n) is 4.92. The Morgan fingerprint density at radius 1 is 0.971 bits per heavy atom. The van der Waals surface area contributed by atoms with Crippen molar-refractivity contribution in [3.05, 3.63) is 108 Å². The summed E-state index contributed by atoms with van der Waals surface area (Å²) in [5, 5.41) is 22.2. The van der Waals surface area contributed by atoms with E-state index in [1.807, 2.05) is 0 Å². The van der Waals surface area contributed by atoms with E-state index in [1.165, 1.54) is 12.1 Å². The van der Waals surface area contributed by atoms with Crippen molar-refractivity contribution in [2.24, 2.45) is 0 Å². The van der Waals surface area contributed by atoms with Crippen molar-refractivity contribution in [3.63, 3.8) is 0 Å². The largest absolute Gasteiger partial charge is 0.450 e. The first-order chi connectivity index (χ1) is 16.7. The van der Waals surface area contributed by atoms with E-state index in [-0.39, 0.29) is 22.9 Å². The Bertz CT molecular complexity index is 1390. The highest BCUT2D eigenvalue weighted by Gasteiger charge is 2.35. The van der Waals surface area contributed by atoms with Gasteiger partial charge in [0.25, 0.3) is 16.8 Å². The quantitative estimate of drug-likeness (QED) is 0.208. The van der Waals surface area contributed by atoms with E-state index in [9.17, 15) is 29.8 Å². The first-order valence-electron chi connectivity index (χ1n) is 9.92. The van der Waals surface area contributed by atoms with Gasteiger partial charge in [-0.3, -0.25) is 34.7 Å². The Morgan fingerprint density at radius 2 is 1.69 bits per heavy atom. The number of imide groups is 1. The number of carbonyl (C=O) groups is 2. The van der Waals surface area contributed by atoms with Crippen molar-refractivity contribution >= 4 is 52.0 Å². The summed E-state index contributed by atoms with van der Waals surface area (Å²) in [6, 6.07) is 16.3. The van der Waals surface area contributed by atoms with Crippen LogP contribution in [0.5, 0.6) is 11.5 Å². The number of hydrogen-bond acceptors (Lipinski definition) is 8. The van der Waals surface area contributed by atoms with E-state index in [0.29, 0.717) is 16.1 Å². The highest BCUT2D eigenvalue weighted by Crippen LogP contribution is 2.36. The summed E-state index contributed by atoms with van der Waals surface area (Å²) >= 11 is 6.95. The number of nitro benzene ring substituents is 2. The monoisotopic (exact) mass is 511 g/mol. The maximum absolute atomic E-state index is 12.8. The summed E-state index contributed by atoms with van der Waals surface area (Å²) in [6.07, 6.45) is 1.55. The average Bonchev–Trinajstić information content (AvgIpc) is 3.09. The number of carbonyl (C=O) groups excluding carboxylic acids is 2. The van der Waals surface area contributed by atoms with E-state index in [2.05, 4.69) is 0 Å². The van der Waals surface area contributed by atoms with Gasteiger partial charge >= 0.3 is 5.69 Å². The number of benzene rings is 3. The van der Waals surface area contributed by atoms with Crippen molar-refractivity contribution in [2.45, 2.75) is 6.54 Å². The van der Waals surface area contributed by atoms with Crippen molar-refractivity contribution in [1.29, 1.82) is 0 Å². The van der Waals surface area contributed by atoms with Crippen LogP contribution in [-0.2, 0) is 11.3 Å². The fourth-order valence-corrected chi connectivity index (χ4v) is 4.23. The third kappa shape index (κ3) is 5.31. The van der Waals surface area contributed by atoms with Gasteiger partial charge in [-0.05, 0) is 53.2 Å². The topological polar surface area (TPSA) is 133 Å². The molecular weight excluding hydrogens is 498 g/mol. The second-order valence-electron chi connectivity index (χ2n) is 7.20. The zero-order valence-electron chi connectivity index (χ0n) is 17.6. The van der Waals surface area contributed by atoms with Gasteiger partial charge in [0.1, 0.15) is 5.75 Å². The molecular formula is C23H14ClN3O7S. The third-order valence-corrected chi connectivity index (χ3v) is 6.19. The lowest BCUT2D eigenvalue weighted by molar-refractivity contribution is -0.394. The number of ether oxygens (including phenoxy) is 1. The van der Waals surface area contributed by atoms with Crippen molar-refractivity contribution in [3.8, 4) is 11.5 Å². The molecule has 0 aromatic heterocycles. The molecule has 0 aliphatic carbocycles. The summed E-state index contributed by atoms with van der Waals surface area (Å²) in [6.45, 7) is 0.0580. The molecule has 1 fully saturated rings. The second kappa shape index (κ2) is 9.95. The van der Waals surface area contributed by atoms with Gasteiger partial charge < -0.3 is 4.74 Å². The Kier molecular flexibility index (Phi) is 6.80. The van der Waals surface area contributed by atoms with Crippen LogP contribution in [0.1, 0.15) is 11.1 Å². The molecule has 1 aliphatic rings. The fraction of sp³-hybridized carbons (Fsp3) is 0.0435. The first-order valence-corrected chi connectivity index (χ1v) is 11.1. The summed E-state index contributed by atoms with van der Waals surface area (Å²) in [7, 11) is 0. The van der Waals surface area contributed by atoms with Gasteiger partial charge in [-0.15, -0.1) is 0 Å². The zero-order valence-corrected chi connectivity index (χ0v) is 19.2. The zero-order chi connectivity index (χ0) is 25.1. The summed E-state index contributed by atoms with van der Waals surface area (Å²) in [5.41, 5.74) is 0.275. The standard InChI is InChI=1S/C23H14ClN3O7S/c24-18-4-2-1-3-15(18)13-25-22(28)21(35-23(25)29)11-14-5-8-17(9-6-14)34-20-10-7-16(26(30)31)12-19(20)27(32)33/h1-12H,13H2/b21-11+. The number of halogens is 1. The predicted molar refractivity (Wildman–Crippen MR) is 129 cm³/mol. The number of rotatable bonds is 7. The number of hydrogen-bond donors (Lipinski definition) is 0. The lowest BCUT2D eigenvalue weighted by Gasteiger charge is -2.13. The summed E-state index contributed by atoms with van der Waals surface area (Å²) in [4.78, 5) is 47.1. The molecule has 0 N–H and O–H groups in total. The molecule has 4 rings (SSSR count). The van der Waals surface area contributed by atoms with Crippen LogP contribution in [0.4, 0.5) is 16.2 Å². The molecule has 3 aromatic rings. The van der Waals surface area contributed by atoms with Crippen molar-refractivity contribution in [1.82, 2.24) is 4.90 Å². The number of non-ortho nitro benzene ring substituents is 1. The predicted octanol–water partition coefficient (Wildman–Crippen LogP) is 6.19. The lowest BCUT2D eigenvalue weighted by Crippen LogP contribution is -2.27. The molecule has 0 radical (unpaired) electrons. The maximum atomic E-state index is 12.8. The molecule has 1 heterocycles. The van der Waals surface area contributed by atoms with Crippen LogP contribution in [0.25, 0.3) is 6.08 Å². The highest BCUT2D eigenvalue weighted by atomic mass is 35.5. The molecule has 0 bridgehead atoms. The molecule has 1 aliphatic heterocycles. The molecule has 35 heavy (non-hydrogen) atoms. The molecule has 3 aromatic carbocycles. The maximum Gasteiger partial charge on any atom is 0.318 e. The van der Waals surface area contributed by atoms with Gasteiger partial charge in [0, 0.05) is 11.1 Å². The first kappa shape index (κ1) is 23.9.